The highest BCUT2D eigenvalue weighted by Gasteiger charge is 2.46. The van der Waals surface area contributed by atoms with E-state index in [4.69, 9.17) is 4.74 Å². The molecule has 1 atom stereocenters. The van der Waals surface area contributed by atoms with Crippen LogP contribution in [0, 0.1) is 10.8 Å². The van der Waals surface area contributed by atoms with Gasteiger partial charge in [0.05, 0.1) is 5.56 Å². The number of hydrogen-bond acceptors (Lipinski definition) is 4. The molecule has 0 saturated carbocycles. The molecule has 0 spiro atoms. The van der Waals surface area contributed by atoms with Crippen molar-refractivity contribution in [1.29, 1.82) is 0 Å². The average Bonchev–Trinajstić information content (AvgIpc) is 2.77. The van der Waals surface area contributed by atoms with E-state index in [2.05, 4.69) is 38.2 Å². The number of alkyl carbamates (subject to hydrolysis) is 1. The Morgan fingerprint density at radius 2 is 1.72 bits per heavy atom. The number of fused-ring (bicyclic) bond motifs is 1. The summed E-state index contributed by atoms with van der Waals surface area (Å²) < 4.78 is 5.23. The first kappa shape index (κ1) is 27.5. The van der Waals surface area contributed by atoms with Crippen molar-refractivity contribution in [2.75, 3.05) is 19.6 Å². The zero-order valence-electron chi connectivity index (χ0n) is 22.4. The van der Waals surface area contributed by atoms with E-state index < -0.39 is 17.7 Å². The van der Waals surface area contributed by atoms with E-state index >= 15 is 0 Å². The second-order valence-corrected chi connectivity index (χ2v) is 11.7. The van der Waals surface area contributed by atoms with Crippen LogP contribution in [0.1, 0.15) is 83.1 Å². The van der Waals surface area contributed by atoms with E-state index in [1.54, 1.807) is 12.1 Å². The number of carboxylic acid groups (broad SMARTS) is 1. The number of amides is 2. The van der Waals surface area contributed by atoms with Crippen molar-refractivity contribution < 1.29 is 24.2 Å². The number of nitrogens with zero attached hydrogens (tertiary/aromatic N) is 1. The first-order valence-corrected chi connectivity index (χ1v) is 12.7. The quantitative estimate of drug-likeness (QED) is 0.375. The van der Waals surface area contributed by atoms with Crippen molar-refractivity contribution >= 4 is 23.5 Å². The molecule has 1 aliphatic carbocycles. The molecule has 1 aromatic carbocycles. The molecule has 3 rings (SSSR count). The van der Waals surface area contributed by atoms with Crippen molar-refractivity contribution in [3.8, 4) is 0 Å². The highest BCUT2D eigenvalue weighted by Crippen LogP contribution is 2.55. The normalized spacial score (nSPS) is 21.1. The number of carbonyl (C=O) groups excluding carboxylic acids is 2. The fourth-order valence-corrected chi connectivity index (χ4v) is 5.46. The van der Waals surface area contributed by atoms with Crippen LogP contribution in [0.15, 0.2) is 42.0 Å². The van der Waals surface area contributed by atoms with Crippen LogP contribution in [-0.4, -0.2) is 53.2 Å². The fraction of sp³-hybridized carbons (Fsp3) is 0.552. The van der Waals surface area contributed by atoms with Gasteiger partial charge in [-0.05, 0) is 63.3 Å². The maximum absolute atomic E-state index is 13.0. The molecule has 2 amide bonds. The van der Waals surface area contributed by atoms with Crippen LogP contribution in [0.2, 0.25) is 0 Å². The van der Waals surface area contributed by atoms with Gasteiger partial charge in [0.2, 0.25) is 5.91 Å². The van der Waals surface area contributed by atoms with E-state index in [-0.39, 0.29) is 22.3 Å². The molecule has 7 nitrogen and oxygen atoms in total. The molecule has 0 radical (unpaired) electrons. The summed E-state index contributed by atoms with van der Waals surface area (Å²) in [5.74, 6) is -0.786. The van der Waals surface area contributed by atoms with Gasteiger partial charge in [-0.2, -0.15) is 0 Å². The first-order chi connectivity index (χ1) is 16.7. The second-order valence-electron chi connectivity index (χ2n) is 11.7. The van der Waals surface area contributed by atoms with Gasteiger partial charge in [0.15, 0.2) is 0 Å². The fourth-order valence-electron chi connectivity index (χ4n) is 5.46. The van der Waals surface area contributed by atoms with Gasteiger partial charge in [0.1, 0.15) is 5.60 Å². The number of rotatable bonds is 7. The summed E-state index contributed by atoms with van der Waals surface area (Å²) in [5, 5.41) is 11.9. The minimum Gasteiger partial charge on any atom is -0.478 e. The Hall–Kier alpha value is -3.09. The second kappa shape index (κ2) is 10.5. The molecule has 36 heavy (non-hydrogen) atoms. The number of unbranched alkanes of at least 4 members (excludes halogenated alkanes) is 1. The van der Waals surface area contributed by atoms with Crippen LogP contribution in [0.3, 0.4) is 0 Å². The lowest BCUT2D eigenvalue weighted by Gasteiger charge is -2.50. The van der Waals surface area contributed by atoms with Crippen molar-refractivity contribution in [2.24, 2.45) is 10.8 Å². The van der Waals surface area contributed by atoms with Crippen LogP contribution in [0.4, 0.5) is 4.79 Å². The van der Waals surface area contributed by atoms with E-state index in [9.17, 15) is 19.5 Å². The van der Waals surface area contributed by atoms with Crippen LogP contribution < -0.4 is 5.32 Å². The number of nitrogens with one attached hydrogen (secondary N) is 1. The molecule has 0 saturated heterocycles. The minimum atomic E-state index is -0.926. The number of aromatic carboxylic acids is 1. The Morgan fingerprint density at radius 1 is 1.06 bits per heavy atom. The van der Waals surface area contributed by atoms with Crippen molar-refractivity contribution in [3.63, 3.8) is 0 Å². The number of hydrogen-bond donors (Lipinski definition) is 2. The topological polar surface area (TPSA) is 95.9 Å². The molecule has 0 aromatic heterocycles. The molecular weight excluding hydrogens is 456 g/mol. The lowest BCUT2D eigenvalue weighted by atomic mass is 9.58. The van der Waals surface area contributed by atoms with Crippen LogP contribution in [0.5, 0.6) is 0 Å². The Kier molecular flexibility index (Phi) is 8.01. The molecule has 0 unspecified atom stereocenters. The zero-order chi connectivity index (χ0) is 26.7. The van der Waals surface area contributed by atoms with Gasteiger partial charge in [0, 0.05) is 36.9 Å². The van der Waals surface area contributed by atoms with Crippen LogP contribution in [-0.2, 0) is 9.53 Å². The molecule has 7 heteroatoms. The summed E-state index contributed by atoms with van der Waals surface area (Å²) in [5.41, 5.74) is 2.96. The Balaban J connectivity index is 1.58. The highest BCUT2D eigenvalue weighted by molar-refractivity contribution is 5.88. The summed E-state index contributed by atoms with van der Waals surface area (Å²) in [6, 6.07) is 7.08. The molecule has 0 bridgehead atoms. The molecule has 2 aliphatic rings. The Bertz CT molecular complexity index is 1060. The summed E-state index contributed by atoms with van der Waals surface area (Å²) >= 11 is 0. The number of carbonyl (C=O) groups is 3. The summed E-state index contributed by atoms with van der Waals surface area (Å²) in [7, 11) is 0. The van der Waals surface area contributed by atoms with E-state index in [1.807, 2.05) is 37.8 Å². The number of benzene rings is 1. The predicted octanol–water partition coefficient (Wildman–Crippen LogP) is 5.67. The van der Waals surface area contributed by atoms with Gasteiger partial charge in [-0.3, -0.25) is 4.79 Å². The Morgan fingerprint density at radius 3 is 2.33 bits per heavy atom. The number of ether oxygens (including phenoxy) is 1. The summed E-state index contributed by atoms with van der Waals surface area (Å²) in [4.78, 5) is 37.9. The third kappa shape index (κ3) is 6.37. The molecule has 1 aromatic rings. The maximum atomic E-state index is 13.0. The van der Waals surface area contributed by atoms with Gasteiger partial charge < -0.3 is 20.1 Å². The third-order valence-corrected chi connectivity index (χ3v) is 7.09. The van der Waals surface area contributed by atoms with Gasteiger partial charge in [0.25, 0.3) is 0 Å². The number of carboxylic acids is 1. The average molecular weight is 497 g/mol. The van der Waals surface area contributed by atoms with E-state index in [0.717, 1.165) is 18.4 Å². The predicted molar refractivity (Wildman–Crippen MR) is 141 cm³/mol. The van der Waals surface area contributed by atoms with Gasteiger partial charge in [-0.15, -0.1) is 0 Å². The summed E-state index contributed by atoms with van der Waals surface area (Å²) in [6.07, 6.45) is 6.74. The molecular formula is C29H40N2O5. The van der Waals surface area contributed by atoms with Crippen molar-refractivity contribution in [3.05, 3.63) is 53.1 Å². The molecule has 2 N–H and O–H groups in total. The lowest BCUT2D eigenvalue weighted by molar-refractivity contribution is -0.132. The number of allylic oxidation sites excluding steroid dienone is 2. The zero-order valence-corrected chi connectivity index (χ0v) is 22.4. The molecule has 1 aliphatic heterocycles. The minimum absolute atomic E-state index is 0.139. The van der Waals surface area contributed by atoms with E-state index in [1.165, 1.54) is 11.1 Å². The summed E-state index contributed by atoms with van der Waals surface area (Å²) in [6.45, 7) is 13.9. The van der Waals surface area contributed by atoms with Gasteiger partial charge in [-0.1, -0.05) is 50.6 Å². The third-order valence-electron chi connectivity index (χ3n) is 7.09. The first-order valence-electron chi connectivity index (χ1n) is 12.7. The SMILES string of the molecule is CC(C)(C)OC(=O)NCCCCC(=O)N1CC=C2C(C)(C)C(c3ccc(C(=O)O)cc3)=CC[C@]2(C)C1. The van der Waals surface area contributed by atoms with Gasteiger partial charge >= 0.3 is 12.1 Å². The largest absolute Gasteiger partial charge is 0.478 e. The highest BCUT2D eigenvalue weighted by atomic mass is 16.6. The smallest absolute Gasteiger partial charge is 0.407 e. The van der Waals surface area contributed by atoms with E-state index in [0.29, 0.717) is 32.5 Å². The molecule has 196 valence electrons. The Labute approximate surface area is 214 Å². The van der Waals surface area contributed by atoms with Crippen LogP contribution >= 0.6 is 0 Å². The monoisotopic (exact) mass is 496 g/mol. The maximum Gasteiger partial charge on any atom is 0.407 e. The van der Waals surface area contributed by atoms with Gasteiger partial charge in [-0.25, -0.2) is 9.59 Å². The van der Waals surface area contributed by atoms with Crippen molar-refractivity contribution in [2.45, 2.75) is 72.8 Å². The molecule has 1 heterocycles. The standard InChI is InChI=1S/C29H40N2O5/c1-27(2,3)36-26(35)30-17-8-7-9-24(32)31-18-15-23-28(4,5)22(14-16-29(23,6)19-31)20-10-12-21(13-11-20)25(33)34/h10-15H,7-9,16-19H2,1-6H3,(H,30,35)(H,33,34)/t29-/m1/s1. The van der Waals surface area contributed by atoms with Crippen LogP contribution in [0.25, 0.3) is 5.57 Å². The molecule has 0 fully saturated rings. The lowest BCUT2D eigenvalue weighted by Crippen LogP contribution is -2.48. The van der Waals surface area contributed by atoms with Crippen molar-refractivity contribution in [1.82, 2.24) is 10.2 Å².